The lowest BCUT2D eigenvalue weighted by atomic mass is 9.79. The summed E-state index contributed by atoms with van der Waals surface area (Å²) in [6, 6.07) is 0. The SMILES string of the molecule is CCCCC1CCC(C=CC#CC=CC2CCC(CCCC)CC2)CC1. The molecule has 0 aromatic rings. The molecule has 0 spiro atoms. The lowest BCUT2D eigenvalue weighted by Crippen LogP contribution is -2.12. The van der Waals surface area contributed by atoms with Crippen molar-refractivity contribution in [3.63, 3.8) is 0 Å². The standard InChI is InChI=1S/C26H42/c1-3-5-11-23-15-19-25(20-16-23)13-9-7-8-10-14-26-21-17-24(18-22-26)12-6-4-2/h9-10,13-14,23-26H,3-6,11-12,15-22H2,1-2H3. The molecule has 0 unspecified atom stereocenters. The van der Waals surface area contributed by atoms with Crippen LogP contribution in [0.4, 0.5) is 0 Å². The summed E-state index contributed by atoms with van der Waals surface area (Å²) in [5.74, 6) is 10.0. The van der Waals surface area contributed by atoms with Crippen LogP contribution < -0.4 is 0 Å². The second-order valence-electron chi connectivity index (χ2n) is 8.85. The van der Waals surface area contributed by atoms with E-state index in [9.17, 15) is 0 Å². The molecule has 0 bridgehead atoms. The fourth-order valence-corrected chi connectivity index (χ4v) is 4.79. The monoisotopic (exact) mass is 354 g/mol. The van der Waals surface area contributed by atoms with Crippen LogP contribution in [0.15, 0.2) is 24.3 Å². The molecule has 0 heteroatoms. The normalized spacial score (nSPS) is 29.8. The summed E-state index contributed by atoms with van der Waals surface area (Å²) < 4.78 is 0. The summed E-state index contributed by atoms with van der Waals surface area (Å²) in [6.07, 6.45) is 28.7. The molecule has 0 saturated heterocycles. The zero-order chi connectivity index (χ0) is 18.5. The maximum absolute atomic E-state index is 3.24. The van der Waals surface area contributed by atoms with Gasteiger partial charge in [0.05, 0.1) is 0 Å². The van der Waals surface area contributed by atoms with Crippen molar-refractivity contribution < 1.29 is 0 Å². The summed E-state index contributed by atoms with van der Waals surface area (Å²) in [6.45, 7) is 4.61. The average molecular weight is 355 g/mol. The van der Waals surface area contributed by atoms with Gasteiger partial charge in [-0.15, -0.1) is 0 Å². The van der Waals surface area contributed by atoms with Crippen molar-refractivity contribution in [1.82, 2.24) is 0 Å². The van der Waals surface area contributed by atoms with E-state index in [-0.39, 0.29) is 0 Å². The van der Waals surface area contributed by atoms with Gasteiger partial charge in [0.2, 0.25) is 0 Å². The van der Waals surface area contributed by atoms with Crippen LogP contribution in [0.25, 0.3) is 0 Å². The molecule has 2 rings (SSSR count). The Morgan fingerprint density at radius 3 is 1.35 bits per heavy atom. The van der Waals surface area contributed by atoms with Crippen LogP contribution in [0, 0.1) is 35.5 Å². The molecule has 26 heavy (non-hydrogen) atoms. The number of rotatable bonds is 8. The first-order chi connectivity index (χ1) is 12.8. The molecular weight excluding hydrogens is 312 g/mol. The van der Waals surface area contributed by atoms with E-state index in [1.54, 1.807) is 0 Å². The zero-order valence-electron chi connectivity index (χ0n) is 17.5. The maximum atomic E-state index is 3.24. The highest BCUT2D eigenvalue weighted by Crippen LogP contribution is 2.33. The third-order valence-corrected chi connectivity index (χ3v) is 6.70. The highest BCUT2D eigenvalue weighted by atomic mass is 14.2. The minimum absolute atomic E-state index is 0.782. The second kappa shape index (κ2) is 13.2. The van der Waals surface area contributed by atoms with Gasteiger partial charge in [-0.25, -0.2) is 0 Å². The van der Waals surface area contributed by atoms with Gasteiger partial charge in [0, 0.05) is 0 Å². The molecule has 2 saturated carbocycles. The first-order valence-corrected chi connectivity index (χ1v) is 11.7. The van der Waals surface area contributed by atoms with E-state index in [0.29, 0.717) is 0 Å². The van der Waals surface area contributed by atoms with Crippen LogP contribution in [0.2, 0.25) is 0 Å². The summed E-state index contributed by atoms with van der Waals surface area (Å²) in [5.41, 5.74) is 0. The smallest absolute Gasteiger partial charge is 0.0153 e. The van der Waals surface area contributed by atoms with Crippen molar-refractivity contribution in [2.24, 2.45) is 23.7 Å². The number of allylic oxidation sites excluding steroid dienone is 4. The summed E-state index contributed by atoms with van der Waals surface area (Å²) in [4.78, 5) is 0. The summed E-state index contributed by atoms with van der Waals surface area (Å²) in [5, 5.41) is 0. The van der Waals surface area contributed by atoms with Gasteiger partial charge in [-0.3, -0.25) is 0 Å². The van der Waals surface area contributed by atoms with Crippen LogP contribution in [0.3, 0.4) is 0 Å². The molecule has 146 valence electrons. The largest absolute Gasteiger partial charge is 0.0730 e. The van der Waals surface area contributed by atoms with Gasteiger partial charge in [0.25, 0.3) is 0 Å². The second-order valence-corrected chi connectivity index (χ2v) is 8.85. The molecule has 0 aliphatic heterocycles. The lowest BCUT2D eigenvalue weighted by molar-refractivity contribution is 0.290. The van der Waals surface area contributed by atoms with Gasteiger partial charge in [-0.1, -0.05) is 76.4 Å². The third-order valence-electron chi connectivity index (χ3n) is 6.70. The Bertz CT molecular complexity index is 414. The molecule has 2 aliphatic rings. The molecule has 0 aromatic heterocycles. The Balaban J connectivity index is 1.59. The molecule has 0 nitrogen and oxygen atoms in total. The van der Waals surface area contributed by atoms with Crippen LogP contribution in [-0.4, -0.2) is 0 Å². The van der Waals surface area contributed by atoms with Gasteiger partial charge >= 0.3 is 0 Å². The topological polar surface area (TPSA) is 0 Å². The summed E-state index contributed by atoms with van der Waals surface area (Å²) >= 11 is 0. The fraction of sp³-hybridized carbons (Fsp3) is 0.769. The maximum Gasteiger partial charge on any atom is -0.0153 e. The number of unbranched alkanes of at least 4 members (excludes halogenated alkanes) is 2. The highest BCUT2D eigenvalue weighted by Gasteiger charge is 2.19. The van der Waals surface area contributed by atoms with Gasteiger partial charge in [-0.05, 0) is 87.2 Å². The van der Waals surface area contributed by atoms with Crippen molar-refractivity contribution in [1.29, 1.82) is 0 Å². The lowest BCUT2D eigenvalue weighted by Gasteiger charge is -2.26. The van der Waals surface area contributed by atoms with E-state index in [1.165, 1.54) is 89.9 Å². The molecular formula is C26H42. The highest BCUT2D eigenvalue weighted by molar-refractivity contribution is 5.24. The predicted molar refractivity (Wildman–Crippen MR) is 116 cm³/mol. The van der Waals surface area contributed by atoms with Crippen molar-refractivity contribution in [3.05, 3.63) is 24.3 Å². The van der Waals surface area contributed by atoms with Crippen molar-refractivity contribution in [2.75, 3.05) is 0 Å². The first-order valence-electron chi connectivity index (χ1n) is 11.7. The van der Waals surface area contributed by atoms with Crippen molar-refractivity contribution >= 4 is 0 Å². The van der Waals surface area contributed by atoms with Crippen LogP contribution in [-0.2, 0) is 0 Å². The van der Waals surface area contributed by atoms with E-state index < -0.39 is 0 Å². The molecule has 0 N–H and O–H groups in total. The van der Waals surface area contributed by atoms with Gasteiger partial charge in [-0.2, -0.15) is 0 Å². The van der Waals surface area contributed by atoms with Crippen LogP contribution >= 0.6 is 0 Å². The Labute approximate surface area is 163 Å². The van der Waals surface area contributed by atoms with E-state index in [0.717, 1.165) is 23.7 Å². The predicted octanol–water partition coefficient (Wildman–Crippen LogP) is 8.10. The van der Waals surface area contributed by atoms with E-state index in [1.807, 2.05) is 0 Å². The average Bonchev–Trinajstić information content (AvgIpc) is 2.69. The summed E-state index contributed by atoms with van der Waals surface area (Å²) in [7, 11) is 0. The molecule has 0 atom stereocenters. The van der Waals surface area contributed by atoms with Gasteiger partial charge < -0.3 is 0 Å². The number of hydrogen-bond acceptors (Lipinski definition) is 0. The molecule has 2 aliphatic carbocycles. The Hall–Kier alpha value is -0.960. The minimum Gasteiger partial charge on any atom is -0.0730 e. The molecule has 0 amide bonds. The van der Waals surface area contributed by atoms with Crippen LogP contribution in [0.1, 0.15) is 104 Å². The molecule has 0 aromatic carbocycles. The van der Waals surface area contributed by atoms with Gasteiger partial charge in [0.15, 0.2) is 0 Å². The molecule has 2 fully saturated rings. The molecule has 0 radical (unpaired) electrons. The van der Waals surface area contributed by atoms with Crippen molar-refractivity contribution in [3.8, 4) is 11.8 Å². The quantitative estimate of drug-likeness (QED) is 0.386. The van der Waals surface area contributed by atoms with E-state index >= 15 is 0 Å². The van der Waals surface area contributed by atoms with Crippen LogP contribution in [0.5, 0.6) is 0 Å². The minimum atomic E-state index is 0.782. The van der Waals surface area contributed by atoms with E-state index in [4.69, 9.17) is 0 Å². The zero-order valence-corrected chi connectivity index (χ0v) is 17.5. The fourth-order valence-electron chi connectivity index (χ4n) is 4.79. The Morgan fingerprint density at radius 1 is 0.615 bits per heavy atom. The Morgan fingerprint density at radius 2 is 1.00 bits per heavy atom. The molecule has 0 heterocycles. The van der Waals surface area contributed by atoms with Crippen molar-refractivity contribution in [2.45, 2.75) is 104 Å². The Kier molecular flexibility index (Phi) is 10.9. The number of hydrogen-bond donors (Lipinski definition) is 0. The third kappa shape index (κ3) is 8.62. The van der Waals surface area contributed by atoms with Gasteiger partial charge in [0.1, 0.15) is 0 Å². The first kappa shape index (κ1) is 21.3. The van der Waals surface area contributed by atoms with E-state index in [2.05, 4.69) is 50.0 Å².